The van der Waals surface area contributed by atoms with E-state index in [0.717, 1.165) is 13.0 Å². The molecule has 20 heavy (non-hydrogen) atoms. The van der Waals surface area contributed by atoms with Crippen molar-refractivity contribution in [1.82, 2.24) is 0 Å². The van der Waals surface area contributed by atoms with Gasteiger partial charge in [-0.05, 0) is 26.0 Å². The first-order valence-corrected chi connectivity index (χ1v) is 5.76. The minimum atomic E-state index is -1.46. The summed E-state index contributed by atoms with van der Waals surface area (Å²) in [4.78, 5) is 26.3. The molecule has 0 radical (unpaired) electrons. The summed E-state index contributed by atoms with van der Waals surface area (Å²) in [7, 11) is 0. The lowest BCUT2D eigenvalue weighted by molar-refractivity contribution is -0.153. The minimum absolute atomic E-state index is 0. The van der Waals surface area contributed by atoms with Crippen molar-refractivity contribution in [3.63, 3.8) is 0 Å². The largest absolute Gasteiger partial charge is 0.481 e. The van der Waals surface area contributed by atoms with E-state index in [1.807, 2.05) is 0 Å². The summed E-state index contributed by atoms with van der Waals surface area (Å²) in [6.45, 7) is 4.22. The third kappa shape index (κ3) is 4.93. The molecule has 0 fully saturated rings. The molecule has 1 aliphatic rings. The summed E-state index contributed by atoms with van der Waals surface area (Å²) in [5, 5.41) is 17.8. The molecule has 0 aromatic rings. The Bertz CT molecular complexity index is 395. The molecular weight excluding hydrogens is 288 g/mol. The van der Waals surface area contributed by atoms with Crippen LogP contribution in [0.25, 0.3) is 0 Å². The average molecular weight is 309 g/mol. The zero-order valence-corrected chi connectivity index (χ0v) is 12.2. The van der Waals surface area contributed by atoms with E-state index in [-0.39, 0.29) is 18.0 Å². The van der Waals surface area contributed by atoms with E-state index in [9.17, 15) is 9.59 Å². The second kappa shape index (κ2) is 9.49. The average Bonchev–Trinajstić information content (AvgIpc) is 2.38. The van der Waals surface area contributed by atoms with Crippen molar-refractivity contribution in [2.75, 3.05) is 6.54 Å². The number of carboxylic acid groups (broad SMARTS) is 2. The van der Waals surface area contributed by atoms with E-state index < -0.39 is 23.5 Å². The van der Waals surface area contributed by atoms with E-state index in [1.165, 1.54) is 25.2 Å². The topological polar surface area (TPSA) is 136 Å². The Morgan fingerprint density at radius 3 is 2.25 bits per heavy atom. The van der Waals surface area contributed by atoms with Gasteiger partial charge in [-0.2, -0.15) is 0 Å². The highest BCUT2D eigenvalue weighted by atomic mass is 35.5. The fourth-order valence-corrected chi connectivity index (χ4v) is 1.43. The van der Waals surface area contributed by atoms with Crippen LogP contribution in [0.5, 0.6) is 0 Å². The molecule has 2 atom stereocenters. The molecule has 0 saturated carbocycles. The predicted molar refractivity (Wildman–Crippen MR) is 76.3 cm³/mol. The SMILES string of the molecule is CC1(C(=O)O)C=CC=C(C(=O)O)C1ON.CCCN.Cl. The van der Waals surface area contributed by atoms with Crippen LogP contribution in [0.1, 0.15) is 20.3 Å². The Balaban J connectivity index is 0. The Morgan fingerprint density at radius 1 is 1.45 bits per heavy atom. The van der Waals surface area contributed by atoms with Crippen molar-refractivity contribution in [3.05, 3.63) is 23.8 Å². The van der Waals surface area contributed by atoms with Crippen LogP contribution in [-0.2, 0) is 14.4 Å². The molecule has 116 valence electrons. The van der Waals surface area contributed by atoms with Crippen molar-refractivity contribution in [3.8, 4) is 0 Å². The second-order valence-corrected chi connectivity index (χ2v) is 4.18. The number of halogens is 1. The van der Waals surface area contributed by atoms with Crippen LogP contribution in [-0.4, -0.2) is 34.8 Å². The molecule has 6 N–H and O–H groups in total. The monoisotopic (exact) mass is 308 g/mol. The van der Waals surface area contributed by atoms with Gasteiger partial charge in [-0.1, -0.05) is 19.1 Å². The summed E-state index contributed by atoms with van der Waals surface area (Å²) in [5.74, 6) is 2.50. The van der Waals surface area contributed by atoms with Crippen LogP contribution in [0.4, 0.5) is 0 Å². The molecule has 0 bridgehead atoms. The Kier molecular flexibility index (Phi) is 9.91. The Hall–Kier alpha value is -1.41. The molecule has 0 aromatic carbocycles. The highest BCUT2D eigenvalue weighted by Crippen LogP contribution is 2.33. The van der Waals surface area contributed by atoms with Gasteiger partial charge < -0.3 is 15.9 Å². The molecule has 0 heterocycles. The summed E-state index contributed by atoms with van der Waals surface area (Å²) in [5.41, 5.74) is 3.39. The van der Waals surface area contributed by atoms with Crippen molar-refractivity contribution >= 4 is 24.3 Å². The van der Waals surface area contributed by atoms with Gasteiger partial charge in [-0.3, -0.25) is 9.63 Å². The quantitative estimate of drug-likeness (QED) is 0.561. The number of hydrogen-bond donors (Lipinski definition) is 4. The van der Waals surface area contributed by atoms with Crippen LogP contribution in [0, 0.1) is 5.41 Å². The maximum atomic E-state index is 11.0. The molecule has 0 aromatic heterocycles. The van der Waals surface area contributed by atoms with Crippen molar-refractivity contribution < 1.29 is 24.6 Å². The first-order chi connectivity index (χ1) is 8.84. The molecule has 2 unspecified atom stereocenters. The second-order valence-electron chi connectivity index (χ2n) is 4.18. The summed E-state index contributed by atoms with van der Waals surface area (Å²) < 4.78 is 0. The van der Waals surface area contributed by atoms with Crippen molar-refractivity contribution in [2.24, 2.45) is 17.0 Å². The zero-order chi connectivity index (χ0) is 15.1. The molecule has 0 amide bonds. The normalized spacial score (nSPS) is 23.8. The van der Waals surface area contributed by atoms with Gasteiger partial charge in [0.1, 0.15) is 11.5 Å². The summed E-state index contributed by atoms with van der Waals surface area (Å²) in [6.07, 6.45) is 3.88. The van der Waals surface area contributed by atoms with Gasteiger partial charge >= 0.3 is 11.9 Å². The maximum absolute atomic E-state index is 11.0. The van der Waals surface area contributed by atoms with E-state index >= 15 is 0 Å². The zero-order valence-electron chi connectivity index (χ0n) is 11.4. The molecule has 7 nitrogen and oxygen atoms in total. The van der Waals surface area contributed by atoms with Crippen LogP contribution in [0.15, 0.2) is 23.8 Å². The first kappa shape index (κ1) is 20.9. The van der Waals surface area contributed by atoms with Crippen LogP contribution >= 0.6 is 12.4 Å². The lowest BCUT2D eigenvalue weighted by Gasteiger charge is -2.31. The molecule has 0 spiro atoms. The van der Waals surface area contributed by atoms with Crippen molar-refractivity contribution in [2.45, 2.75) is 26.4 Å². The van der Waals surface area contributed by atoms with Gasteiger partial charge in [0.15, 0.2) is 0 Å². The summed E-state index contributed by atoms with van der Waals surface area (Å²) in [6, 6.07) is 0. The molecular formula is C12H21ClN2O5. The van der Waals surface area contributed by atoms with E-state index in [2.05, 4.69) is 11.8 Å². The number of carboxylic acids is 2. The molecule has 1 aliphatic carbocycles. The summed E-state index contributed by atoms with van der Waals surface area (Å²) >= 11 is 0. The fourth-order valence-electron chi connectivity index (χ4n) is 1.43. The number of allylic oxidation sites excluding steroid dienone is 2. The fraction of sp³-hybridized carbons (Fsp3) is 0.500. The van der Waals surface area contributed by atoms with E-state index in [4.69, 9.17) is 21.8 Å². The smallest absolute Gasteiger partial charge is 0.334 e. The van der Waals surface area contributed by atoms with E-state index in [1.54, 1.807) is 0 Å². The molecule has 0 aliphatic heterocycles. The predicted octanol–water partition coefficient (Wildman–Crippen LogP) is 0.694. The Morgan fingerprint density at radius 2 is 1.95 bits per heavy atom. The van der Waals surface area contributed by atoms with E-state index in [0.29, 0.717) is 0 Å². The molecule has 1 rings (SSSR count). The number of carbonyl (C=O) groups is 2. The van der Waals surface area contributed by atoms with Crippen molar-refractivity contribution in [1.29, 1.82) is 0 Å². The lowest BCUT2D eigenvalue weighted by Crippen LogP contribution is -2.45. The Labute approximate surface area is 123 Å². The third-order valence-corrected chi connectivity index (χ3v) is 2.68. The molecule has 0 saturated heterocycles. The lowest BCUT2D eigenvalue weighted by atomic mass is 9.77. The highest BCUT2D eigenvalue weighted by Gasteiger charge is 2.45. The van der Waals surface area contributed by atoms with Gasteiger partial charge in [-0.15, -0.1) is 12.4 Å². The number of nitrogens with two attached hydrogens (primary N) is 2. The highest BCUT2D eigenvalue weighted by molar-refractivity contribution is 5.92. The number of aliphatic carboxylic acids is 2. The van der Waals surface area contributed by atoms with Gasteiger partial charge in [0.25, 0.3) is 0 Å². The van der Waals surface area contributed by atoms with Gasteiger partial charge in [0.2, 0.25) is 0 Å². The van der Waals surface area contributed by atoms with Crippen LogP contribution in [0.3, 0.4) is 0 Å². The molecule has 8 heteroatoms. The van der Waals surface area contributed by atoms with Gasteiger partial charge in [-0.25, -0.2) is 10.7 Å². The van der Waals surface area contributed by atoms with Crippen LogP contribution < -0.4 is 11.6 Å². The maximum Gasteiger partial charge on any atom is 0.334 e. The van der Waals surface area contributed by atoms with Gasteiger partial charge in [0.05, 0.1) is 5.57 Å². The number of rotatable bonds is 4. The third-order valence-electron chi connectivity index (χ3n) is 2.68. The first-order valence-electron chi connectivity index (χ1n) is 5.76. The number of hydrogen-bond acceptors (Lipinski definition) is 5. The minimum Gasteiger partial charge on any atom is -0.481 e. The standard InChI is InChI=1S/C9H11NO5.C3H9N.ClH/c1-9(8(13)14)4-2-3-5(7(11)12)6(9)15-10;1-2-3-4;/h2-4,6H,10H2,1H3,(H,11,12)(H,13,14);2-4H2,1H3;1H. The van der Waals surface area contributed by atoms with Crippen LogP contribution in [0.2, 0.25) is 0 Å². The van der Waals surface area contributed by atoms with Gasteiger partial charge in [0, 0.05) is 0 Å².